The molecule has 1 aliphatic rings. The zero-order valence-electron chi connectivity index (χ0n) is 7.38. The summed E-state index contributed by atoms with van der Waals surface area (Å²) in [5.41, 5.74) is 0. The van der Waals surface area contributed by atoms with Gasteiger partial charge >= 0.3 is 0 Å². The largest absolute Gasteiger partial charge is 0.486 e. The normalized spacial score (nSPS) is 21.6. The first-order valence-electron chi connectivity index (χ1n) is 4.21. The molecule has 0 aromatic heterocycles. The molecule has 2 unspecified atom stereocenters. The Kier molecular flexibility index (Phi) is 2.69. The summed E-state index contributed by atoms with van der Waals surface area (Å²) in [5.74, 6) is 1.40. The van der Waals surface area contributed by atoms with Crippen LogP contribution in [0.3, 0.4) is 0 Å². The van der Waals surface area contributed by atoms with E-state index < -0.39 is 11.1 Å². The lowest BCUT2D eigenvalue weighted by atomic mass is 10.3. The lowest BCUT2D eigenvalue weighted by molar-refractivity contribution is 0.106. The van der Waals surface area contributed by atoms with E-state index in [4.69, 9.17) is 14.0 Å². The highest BCUT2D eigenvalue weighted by atomic mass is 32.2. The smallest absolute Gasteiger partial charge is 0.161 e. The van der Waals surface area contributed by atoms with E-state index in [0.717, 1.165) is 0 Å². The molecular weight excluding hydrogens is 204 g/mol. The van der Waals surface area contributed by atoms with Crippen LogP contribution in [0.5, 0.6) is 11.5 Å². The van der Waals surface area contributed by atoms with Crippen LogP contribution in [0.25, 0.3) is 0 Å². The highest BCUT2D eigenvalue weighted by Gasteiger charge is 2.21. The van der Waals surface area contributed by atoms with Crippen LogP contribution in [-0.4, -0.2) is 27.2 Å². The van der Waals surface area contributed by atoms with E-state index in [1.165, 1.54) is 0 Å². The van der Waals surface area contributed by atoms with Crippen LogP contribution in [0.2, 0.25) is 0 Å². The van der Waals surface area contributed by atoms with Crippen molar-refractivity contribution in [3.05, 3.63) is 24.3 Å². The lowest BCUT2D eigenvalue weighted by Gasteiger charge is -2.25. The maximum Gasteiger partial charge on any atom is 0.161 e. The fourth-order valence-electron chi connectivity index (χ4n) is 1.30. The molecule has 1 N–H and O–H groups in total. The van der Waals surface area contributed by atoms with Crippen molar-refractivity contribution in [1.29, 1.82) is 0 Å². The molecule has 0 radical (unpaired) electrons. The average Bonchev–Trinajstić information content (AvgIpc) is 2.17. The number of hydrogen-bond acceptors (Lipinski definition) is 3. The van der Waals surface area contributed by atoms with Gasteiger partial charge in [-0.15, -0.1) is 0 Å². The topological polar surface area (TPSA) is 55.8 Å². The first-order chi connectivity index (χ1) is 6.75. The first kappa shape index (κ1) is 9.48. The number of rotatable bonds is 2. The summed E-state index contributed by atoms with van der Waals surface area (Å²) < 4.78 is 30.1. The number of ether oxygens (including phenoxy) is 2. The van der Waals surface area contributed by atoms with Crippen molar-refractivity contribution in [2.45, 2.75) is 6.10 Å². The zero-order chi connectivity index (χ0) is 9.97. The highest BCUT2D eigenvalue weighted by Crippen LogP contribution is 2.30. The minimum atomic E-state index is -1.84. The summed E-state index contributed by atoms with van der Waals surface area (Å²) in [5, 5.41) is 0. The molecule has 2 rings (SSSR count). The molecule has 0 amide bonds. The fraction of sp³-hybridized carbons (Fsp3) is 0.333. The van der Waals surface area contributed by atoms with Gasteiger partial charge in [0.2, 0.25) is 0 Å². The van der Waals surface area contributed by atoms with Gasteiger partial charge in [0, 0.05) is 0 Å². The second kappa shape index (κ2) is 3.98. The quantitative estimate of drug-likeness (QED) is 0.747. The van der Waals surface area contributed by atoms with Crippen molar-refractivity contribution in [1.82, 2.24) is 0 Å². The van der Waals surface area contributed by atoms with E-state index in [2.05, 4.69) is 0 Å². The molecule has 1 aromatic carbocycles. The SMILES string of the molecule is O=S(O)CC1COc2ccccc2O1. The van der Waals surface area contributed by atoms with E-state index in [9.17, 15) is 4.21 Å². The molecule has 4 nitrogen and oxygen atoms in total. The van der Waals surface area contributed by atoms with E-state index in [1.54, 1.807) is 6.07 Å². The number of fused-ring (bicyclic) bond motifs is 1. The summed E-state index contributed by atoms with van der Waals surface area (Å²) in [7, 11) is 0. The number of hydrogen-bond donors (Lipinski definition) is 1. The van der Waals surface area contributed by atoms with Gasteiger partial charge in [0.15, 0.2) is 22.6 Å². The summed E-state index contributed by atoms with van der Waals surface area (Å²) in [6.45, 7) is 0.323. The third kappa shape index (κ3) is 2.05. The van der Waals surface area contributed by atoms with Crippen LogP contribution >= 0.6 is 0 Å². The Bertz CT molecular complexity index is 352. The Labute approximate surface area is 84.1 Å². The molecule has 5 heteroatoms. The van der Waals surface area contributed by atoms with E-state index >= 15 is 0 Å². The molecule has 1 aromatic rings. The molecule has 1 aliphatic heterocycles. The fourth-order valence-corrected chi connectivity index (χ4v) is 1.79. The molecule has 1 heterocycles. The minimum absolute atomic E-state index is 0.0777. The van der Waals surface area contributed by atoms with E-state index in [1.807, 2.05) is 18.2 Å². The van der Waals surface area contributed by atoms with E-state index in [0.29, 0.717) is 18.1 Å². The molecular formula is C9H10O4S. The van der Waals surface area contributed by atoms with Crippen LogP contribution in [0, 0.1) is 0 Å². The van der Waals surface area contributed by atoms with Crippen LogP contribution < -0.4 is 9.47 Å². The monoisotopic (exact) mass is 214 g/mol. The van der Waals surface area contributed by atoms with Crippen molar-refractivity contribution < 1.29 is 18.2 Å². The average molecular weight is 214 g/mol. The highest BCUT2D eigenvalue weighted by molar-refractivity contribution is 7.79. The van der Waals surface area contributed by atoms with Gasteiger partial charge in [-0.2, -0.15) is 0 Å². The van der Waals surface area contributed by atoms with Crippen molar-refractivity contribution in [2.75, 3.05) is 12.4 Å². The van der Waals surface area contributed by atoms with Crippen molar-refractivity contribution >= 4 is 11.1 Å². The van der Waals surface area contributed by atoms with E-state index in [-0.39, 0.29) is 11.9 Å². The summed E-state index contributed by atoms with van der Waals surface area (Å²) in [6.07, 6.45) is -0.337. The van der Waals surface area contributed by atoms with Gasteiger partial charge in [0.25, 0.3) is 0 Å². The standard InChI is InChI=1S/C9H10O4S/c10-14(11)6-7-5-12-8-3-1-2-4-9(8)13-7/h1-4,7H,5-6H2,(H,10,11). The molecule has 0 bridgehead atoms. The lowest BCUT2D eigenvalue weighted by Crippen LogP contribution is -2.33. The molecule has 14 heavy (non-hydrogen) atoms. The van der Waals surface area contributed by atoms with Crippen LogP contribution in [0.4, 0.5) is 0 Å². The molecule has 76 valence electrons. The van der Waals surface area contributed by atoms with Gasteiger partial charge in [-0.05, 0) is 12.1 Å². The van der Waals surface area contributed by atoms with Crippen molar-refractivity contribution in [2.24, 2.45) is 0 Å². The van der Waals surface area contributed by atoms with Gasteiger partial charge in [-0.1, -0.05) is 12.1 Å². The molecule has 0 saturated heterocycles. The van der Waals surface area contributed by atoms with Gasteiger partial charge in [-0.3, -0.25) is 0 Å². The van der Waals surface area contributed by atoms with Crippen LogP contribution in [-0.2, 0) is 11.1 Å². The molecule has 0 saturated carbocycles. The van der Waals surface area contributed by atoms with Crippen molar-refractivity contribution in [3.63, 3.8) is 0 Å². The van der Waals surface area contributed by atoms with Gasteiger partial charge in [-0.25, -0.2) is 4.21 Å². The predicted molar refractivity (Wildman–Crippen MR) is 52.0 cm³/mol. The Balaban J connectivity index is 2.09. The second-order valence-electron chi connectivity index (χ2n) is 2.99. The minimum Gasteiger partial charge on any atom is -0.486 e. The second-order valence-corrected chi connectivity index (χ2v) is 3.96. The maximum atomic E-state index is 10.6. The summed E-state index contributed by atoms with van der Waals surface area (Å²) >= 11 is -1.84. The maximum absolute atomic E-state index is 10.6. The Morgan fingerprint density at radius 3 is 2.86 bits per heavy atom. The van der Waals surface area contributed by atoms with Crippen LogP contribution in [0.15, 0.2) is 24.3 Å². The van der Waals surface area contributed by atoms with Gasteiger partial charge in [0.05, 0.1) is 5.75 Å². The first-order valence-corrected chi connectivity index (χ1v) is 5.49. The molecule has 0 fully saturated rings. The molecule has 0 aliphatic carbocycles. The third-order valence-corrected chi connectivity index (χ3v) is 2.55. The predicted octanol–water partition coefficient (Wildman–Crippen LogP) is 1.05. The Morgan fingerprint density at radius 1 is 1.43 bits per heavy atom. The molecule has 0 spiro atoms. The number of benzene rings is 1. The molecule has 2 atom stereocenters. The summed E-state index contributed by atoms with van der Waals surface area (Å²) in [6, 6.07) is 7.27. The zero-order valence-corrected chi connectivity index (χ0v) is 8.20. The number of para-hydroxylation sites is 2. The Morgan fingerprint density at radius 2 is 2.14 bits per heavy atom. The van der Waals surface area contributed by atoms with Gasteiger partial charge in [0.1, 0.15) is 12.7 Å². The van der Waals surface area contributed by atoms with Crippen molar-refractivity contribution in [3.8, 4) is 11.5 Å². The van der Waals surface area contributed by atoms with Crippen LogP contribution in [0.1, 0.15) is 0 Å². The van der Waals surface area contributed by atoms with Gasteiger partial charge < -0.3 is 14.0 Å². The third-order valence-electron chi connectivity index (χ3n) is 1.90. The summed E-state index contributed by atoms with van der Waals surface area (Å²) in [4.78, 5) is 0. The Hall–Kier alpha value is -1.07.